The average Bonchev–Trinajstić information content (AvgIpc) is 2.72. The topological polar surface area (TPSA) is 38.3 Å². The third kappa shape index (κ3) is 7.06. The second-order valence-corrected chi connectivity index (χ2v) is 9.46. The third-order valence-electron chi connectivity index (χ3n) is 5.06. The summed E-state index contributed by atoms with van der Waals surface area (Å²) in [6.45, 7) is 4.60. The molecule has 0 bridgehead atoms. The van der Waals surface area contributed by atoms with Crippen molar-refractivity contribution in [1.82, 2.24) is 4.72 Å². The highest BCUT2D eigenvalue weighted by Gasteiger charge is 2.25. The first-order chi connectivity index (χ1) is 14.3. The minimum atomic E-state index is -0.293. The molecule has 0 atom stereocenters. The van der Waals surface area contributed by atoms with E-state index in [0.29, 0.717) is 21.7 Å². The van der Waals surface area contributed by atoms with Crippen molar-refractivity contribution in [3.63, 3.8) is 0 Å². The Morgan fingerprint density at radius 3 is 2.27 bits per heavy atom. The molecular weight excluding hydrogens is 461 g/mol. The molecule has 7 heteroatoms. The number of rotatable bonds is 12. The second-order valence-electron chi connectivity index (χ2n) is 7.57. The molecule has 2 aromatic carbocycles. The van der Waals surface area contributed by atoms with Crippen LogP contribution in [0.25, 0.3) is 0 Å². The summed E-state index contributed by atoms with van der Waals surface area (Å²) in [6.07, 6.45) is 4.60. The highest BCUT2D eigenvalue weighted by atomic mass is 35.5. The molecule has 0 spiro atoms. The van der Waals surface area contributed by atoms with Crippen molar-refractivity contribution < 1.29 is 9.53 Å². The quantitative estimate of drug-likeness (QED) is 0.205. The van der Waals surface area contributed by atoms with Crippen molar-refractivity contribution in [3.8, 4) is 5.75 Å². The molecule has 0 unspecified atom stereocenters. The van der Waals surface area contributed by atoms with Crippen molar-refractivity contribution >= 4 is 52.5 Å². The summed E-state index contributed by atoms with van der Waals surface area (Å²) in [4.78, 5) is 11.7. The smallest absolute Gasteiger partial charge is 0.184 e. The Kier molecular flexibility index (Phi) is 10.3. The minimum absolute atomic E-state index is 0.00387. The molecule has 0 aliphatic carbocycles. The summed E-state index contributed by atoms with van der Waals surface area (Å²) >= 11 is 20.3. The molecule has 2 aromatic rings. The first kappa shape index (κ1) is 25.4. The number of ketones is 1. The monoisotopic (exact) mass is 487 g/mol. The molecule has 1 N–H and O–H groups in total. The zero-order chi connectivity index (χ0) is 22.1. The van der Waals surface area contributed by atoms with Gasteiger partial charge in [0.2, 0.25) is 0 Å². The van der Waals surface area contributed by atoms with E-state index in [1.54, 1.807) is 0 Å². The van der Waals surface area contributed by atoms with E-state index in [-0.39, 0.29) is 24.3 Å². The van der Waals surface area contributed by atoms with Crippen molar-refractivity contribution in [1.29, 1.82) is 0 Å². The average molecular weight is 489 g/mol. The molecule has 164 valence electrons. The van der Waals surface area contributed by atoms with E-state index in [0.717, 1.165) is 36.0 Å². The number of hydrogen-bond acceptors (Lipinski definition) is 4. The Hall–Kier alpha value is -0.910. The summed E-state index contributed by atoms with van der Waals surface area (Å²) < 4.78 is 8.51. The number of hydrogen-bond donors (Lipinski definition) is 1. The zero-order valence-corrected chi connectivity index (χ0v) is 20.6. The largest absolute Gasteiger partial charge is 0.486 e. The van der Waals surface area contributed by atoms with Gasteiger partial charge in [0.15, 0.2) is 5.78 Å². The number of benzene rings is 2. The molecule has 2 rings (SSSR count). The van der Waals surface area contributed by atoms with Gasteiger partial charge >= 0.3 is 0 Å². The van der Waals surface area contributed by atoms with Crippen LogP contribution in [0.1, 0.15) is 43.4 Å². The lowest BCUT2D eigenvalue weighted by atomic mass is 9.78. The predicted molar refractivity (Wildman–Crippen MR) is 131 cm³/mol. The molecule has 30 heavy (non-hydrogen) atoms. The first-order valence-electron chi connectivity index (χ1n) is 9.84. The van der Waals surface area contributed by atoms with Gasteiger partial charge in [0.1, 0.15) is 12.4 Å². The molecule has 0 fully saturated rings. The number of carbonyl (C=O) groups is 1. The van der Waals surface area contributed by atoms with Gasteiger partial charge in [0, 0.05) is 21.3 Å². The summed E-state index contributed by atoms with van der Waals surface area (Å²) in [6, 6.07) is 11.8. The third-order valence-corrected chi connectivity index (χ3v) is 6.44. The van der Waals surface area contributed by atoms with Gasteiger partial charge in [-0.1, -0.05) is 61.1 Å². The van der Waals surface area contributed by atoms with Gasteiger partial charge in [0.05, 0.1) is 6.54 Å². The summed E-state index contributed by atoms with van der Waals surface area (Å²) in [7, 11) is 0. The number of halogens is 3. The number of nitrogens with one attached hydrogen (secondary N) is 1. The maximum absolute atomic E-state index is 11.7. The van der Waals surface area contributed by atoms with Gasteiger partial charge in [-0.3, -0.25) is 9.52 Å². The van der Waals surface area contributed by atoms with E-state index in [1.807, 2.05) is 42.7 Å². The van der Waals surface area contributed by atoms with E-state index in [1.165, 1.54) is 11.9 Å². The van der Waals surface area contributed by atoms with E-state index >= 15 is 0 Å². The Bertz CT molecular complexity index is 818. The fourth-order valence-corrected chi connectivity index (χ4v) is 4.27. The normalized spacial score (nSPS) is 11.5. The minimum Gasteiger partial charge on any atom is -0.486 e. The van der Waals surface area contributed by atoms with Crippen molar-refractivity contribution in [3.05, 3.63) is 63.1 Å². The van der Waals surface area contributed by atoms with E-state index in [9.17, 15) is 4.79 Å². The second kappa shape index (κ2) is 12.2. The van der Waals surface area contributed by atoms with E-state index in [2.05, 4.69) is 18.6 Å². The molecule has 0 radical (unpaired) electrons. The molecule has 0 aromatic heterocycles. The van der Waals surface area contributed by atoms with Gasteiger partial charge in [-0.05, 0) is 66.5 Å². The lowest BCUT2D eigenvalue weighted by molar-refractivity contribution is -0.119. The SMILES string of the molecule is CSNCC(=O)COc1ccc(C(C)(C)c2cc(Cl)c(CCCCCl)c(Cl)c2)cc1. The van der Waals surface area contributed by atoms with Crippen LogP contribution in [0, 0.1) is 0 Å². The first-order valence-corrected chi connectivity index (χ1v) is 12.4. The summed E-state index contributed by atoms with van der Waals surface area (Å²) in [5.41, 5.74) is 2.84. The maximum atomic E-state index is 11.7. The number of Topliss-reactive ketones (excluding diaryl/α,β-unsaturated/α-hetero) is 1. The van der Waals surface area contributed by atoms with Crippen LogP contribution in [0.5, 0.6) is 5.75 Å². The Morgan fingerprint density at radius 1 is 1.07 bits per heavy atom. The van der Waals surface area contributed by atoms with Crippen LogP contribution in [0.4, 0.5) is 0 Å². The van der Waals surface area contributed by atoms with Gasteiger partial charge in [-0.15, -0.1) is 11.6 Å². The van der Waals surface area contributed by atoms with Crippen LogP contribution >= 0.6 is 46.8 Å². The highest BCUT2D eigenvalue weighted by Crippen LogP contribution is 2.37. The molecule has 3 nitrogen and oxygen atoms in total. The Balaban J connectivity index is 2.12. The predicted octanol–water partition coefficient (Wildman–Crippen LogP) is 6.70. The Labute approximate surface area is 198 Å². The molecule has 0 aliphatic rings. The molecule has 0 saturated carbocycles. The van der Waals surface area contributed by atoms with Gasteiger partial charge in [-0.25, -0.2) is 0 Å². The lowest BCUT2D eigenvalue weighted by Crippen LogP contribution is -2.22. The molecular formula is C23H28Cl3NO2S. The number of unbranched alkanes of at least 4 members (excludes halogenated alkanes) is 1. The van der Waals surface area contributed by atoms with Crippen LogP contribution in [-0.2, 0) is 16.6 Å². The van der Waals surface area contributed by atoms with Crippen LogP contribution in [0.15, 0.2) is 36.4 Å². The van der Waals surface area contributed by atoms with Crippen LogP contribution < -0.4 is 9.46 Å². The van der Waals surface area contributed by atoms with Crippen LogP contribution in [0.2, 0.25) is 10.0 Å². The molecule has 0 heterocycles. The van der Waals surface area contributed by atoms with Crippen LogP contribution in [-0.4, -0.2) is 31.1 Å². The fourth-order valence-electron chi connectivity index (χ4n) is 3.10. The van der Waals surface area contributed by atoms with E-state index in [4.69, 9.17) is 39.5 Å². The van der Waals surface area contributed by atoms with Crippen LogP contribution in [0.3, 0.4) is 0 Å². The number of ether oxygens (including phenoxy) is 1. The van der Waals surface area contributed by atoms with Gasteiger partial charge in [-0.2, -0.15) is 0 Å². The van der Waals surface area contributed by atoms with Gasteiger partial charge in [0.25, 0.3) is 0 Å². The highest BCUT2D eigenvalue weighted by molar-refractivity contribution is 7.96. The van der Waals surface area contributed by atoms with Crippen molar-refractivity contribution in [2.75, 3.05) is 25.3 Å². The number of carbonyl (C=O) groups excluding carboxylic acids is 1. The summed E-state index contributed by atoms with van der Waals surface area (Å²) in [5.74, 6) is 1.31. The number of alkyl halides is 1. The summed E-state index contributed by atoms with van der Waals surface area (Å²) in [5, 5.41) is 1.38. The zero-order valence-electron chi connectivity index (χ0n) is 17.6. The van der Waals surface area contributed by atoms with Crippen molar-refractivity contribution in [2.45, 2.75) is 38.5 Å². The van der Waals surface area contributed by atoms with Crippen molar-refractivity contribution in [2.24, 2.45) is 0 Å². The fraction of sp³-hybridized carbons (Fsp3) is 0.435. The standard InChI is InChI=1S/C23H28Cl3NO2S/c1-23(2,17-12-21(25)20(22(26)13-17)6-4-5-11-24)16-7-9-19(10-8-16)29-15-18(28)14-27-30-3/h7-10,12-13,27H,4-6,11,14-15H2,1-3H3. The Morgan fingerprint density at radius 2 is 1.70 bits per heavy atom. The maximum Gasteiger partial charge on any atom is 0.184 e. The van der Waals surface area contributed by atoms with E-state index < -0.39 is 0 Å². The lowest BCUT2D eigenvalue weighted by Gasteiger charge is -2.27. The molecule has 0 aliphatic heterocycles. The van der Waals surface area contributed by atoms with Gasteiger partial charge < -0.3 is 4.74 Å². The molecule has 0 saturated heterocycles. The molecule has 0 amide bonds.